The third kappa shape index (κ3) is 4.73. The molecule has 4 N–H and O–H groups in total. The molecule has 2 aromatic carbocycles. The molecule has 0 aliphatic carbocycles. The predicted molar refractivity (Wildman–Crippen MR) is 134 cm³/mol. The summed E-state index contributed by atoms with van der Waals surface area (Å²) in [6, 6.07) is 11.1. The van der Waals surface area contributed by atoms with Gasteiger partial charge in [-0.15, -0.1) is 0 Å². The molecular weight excluding hydrogens is 554 g/mol. The normalized spacial score (nSPS) is 12.3. The second-order valence-corrected chi connectivity index (χ2v) is 9.34. The van der Waals surface area contributed by atoms with E-state index in [4.69, 9.17) is 9.84 Å². The first-order valence-corrected chi connectivity index (χ1v) is 11.8. The highest BCUT2D eigenvalue weighted by Crippen LogP contribution is 2.34. The smallest absolute Gasteiger partial charge is 0.329 e. The Morgan fingerprint density at radius 3 is 2.56 bits per heavy atom. The summed E-state index contributed by atoms with van der Waals surface area (Å²) in [6.45, 7) is 3.89. The zero-order valence-corrected chi connectivity index (χ0v) is 20.7. The standard InChI is InChI=1S/C24H24FIN4O4/c1-13(2)21(22-27-12-19(28-22)17-8-5-15(26)11-18(17)25)30-23(32)20(29-24(30)33)14-3-6-16(7-4-14)34-10-9-31/h3-8,11-13,21,31-32H,9-10H2,1-2H3,(H,27,28)(H,29,33)/t21-/m1/s1. The van der Waals surface area contributed by atoms with Crippen molar-refractivity contribution in [3.8, 4) is 34.1 Å². The Hall–Kier alpha value is -3.12. The summed E-state index contributed by atoms with van der Waals surface area (Å²) in [7, 11) is 0. The van der Waals surface area contributed by atoms with Crippen molar-refractivity contribution in [2.45, 2.75) is 19.9 Å². The van der Waals surface area contributed by atoms with E-state index in [2.05, 4.69) is 15.0 Å². The average Bonchev–Trinajstić information content (AvgIpc) is 3.38. The first-order chi connectivity index (χ1) is 16.3. The van der Waals surface area contributed by atoms with Crippen LogP contribution in [0.4, 0.5) is 4.39 Å². The van der Waals surface area contributed by atoms with Gasteiger partial charge in [-0.2, -0.15) is 0 Å². The molecule has 0 saturated carbocycles. The summed E-state index contributed by atoms with van der Waals surface area (Å²) in [5.41, 5.74) is 1.21. The van der Waals surface area contributed by atoms with Crippen molar-refractivity contribution >= 4 is 22.6 Å². The minimum Gasteiger partial charge on any atom is -0.493 e. The molecule has 8 nitrogen and oxygen atoms in total. The monoisotopic (exact) mass is 578 g/mol. The Kier molecular flexibility index (Phi) is 7.08. The van der Waals surface area contributed by atoms with Gasteiger partial charge in [0.2, 0.25) is 5.88 Å². The number of aromatic nitrogens is 4. The minimum absolute atomic E-state index is 0.0972. The van der Waals surface area contributed by atoms with E-state index in [-0.39, 0.29) is 36.5 Å². The number of hydrogen-bond donors (Lipinski definition) is 4. The molecule has 0 amide bonds. The third-order valence-electron chi connectivity index (χ3n) is 5.41. The predicted octanol–water partition coefficient (Wildman–Crippen LogP) is 4.30. The Morgan fingerprint density at radius 2 is 1.91 bits per heavy atom. The van der Waals surface area contributed by atoms with Gasteiger partial charge in [-0.3, -0.25) is 4.57 Å². The molecular formula is C24H24FIN4O4. The van der Waals surface area contributed by atoms with E-state index in [1.807, 2.05) is 36.4 Å². The van der Waals surface area contributed by atoms with Gasteiger partial charge >= 0.3 is 5.69 Å². The first kappa shape index (κ1) is 24.0. The van der Waals surface area contributed by atoms with Crippen LogP contribution in [0.5, 0.6) is 11.6 Å². The molecule has 0 aliphatic heterocycles. The number of aromatic hydroxyl groups is 1. The summed E-state index contributed by atoms with van der Waals surface area (Å²) in [4.78, 5) is 23.2. The summed E-state index contributed by atoms with van der Waals surface area (Å²) >= 11 is 2.04. The van der Waals surface area contributed by atoms with Crippen molar-refractivity contribution in [1.82, 2.24) is 19.5 Å². The van der Waals surface area contributed by atoms with E-state index < -0.39 is 11.7 Å². The van der Waals surface area contributed by atoms with Gasteiger partial charge in [-0.25, -0.2) is 14.2 Å². The fraction of sp³-hybridized carbons (Fsp3) is 0.250. The number of aromatic amines is 2. The average molecular weight is 578 g/mol. The molecule has 0 fully saturated rings. The van der Waals surface area contributed by atoms with Crippen LogP contribution in [0.1, 0.15) is 25.7 Å². The zero-order chi connectivity index (χ0) is 24.4. The van der Waals surface area contributed by atoms with Crippen molar-refractivity contribution in [1.29, 1.82) is 0 Å². The zero-order valence-electron chi connectivity index (χ0n) is 18.5. The molecule has 0 bridgehead atoms. The van der Waals surface area contributed by atoms with Crippen LogP contribution in [-0.2, 0) is 0 Å². The van der Waals surface area contributed by atoms with Gasteiger partial charge in [-0.1, -0.05) is 13.8 Å². The number of ether oxygens (including phenoxy) is 1. The van der Waals surface area contributed by atoms with E-state index in [0.29, 0.717) is 28.4 Å². The quantitative estimate of drug-likeness (QED) is 0.233. The lowest BCUT2D eigenvalue weighted by Crippen LogP contribution is -2.27. The van der Waals surface area contributed by atoms with Crippen molar-refractivity contribution in [3.05, 3.63) is 74.4 Å². The maximum atomic E-state index is 14.5. The number of H-pyrrole nitrogens is 2. The second-order valence-electron chi connectivity index (χ2n) is 8.09. The summed E-state index contributed by atoms with van der Waals surface area (Å²) in [6.07, 6.45) is 1.52. The molecule has 34 heavy (non-hydrogen) atoms. The Morgan fingerprint density at radius 1 is 1.18 bits per heavy atom. The number of aliphatic hydroxyl groups excluding tert-OH is 1. The number of hydrogen-bond acceptors (Lipinski definition) is 5. The number of aliphatic hydroxyl groups is 1. The number of imidazole rings is 2. The molecule has 0 radical (unpaired) electrons. The SMILES string of the molecule is CC(C)[C@H](c1ncc(-c2ccc(I)cc2F)[nH]1)n1c(O)c(-c2ccc(OCCO)cc2)[nH]c1=O. The van der Waals surface area contributed by atoms with E-state index in [1.165, 1.54) is 16.8 Å². The highest BCUT2D eigenvalue weighted by molar-refractivity contribution is 14.1. The minimum atomic E-state index is -0.620. The van der Waals surface area contributed by atoms with Gasteiger partial charge in [-0.05, 0) is 71.0 Å². The van der Waals surface area contributed by atoms with Crippen LogP contribution < -0.4 is 10.4 Å². The molecule has 1 atom stereocenters. The van der Waals surface area contributed by atoms with Gasteiger partial charge in [0.05, 0.1) is 18.5 Å². The van der Waals surface area contributed by atoms with Crippen LogP contribution in [0.3, 0.4) is 0 Å². The largest absolute Gasteiger partial charge is 0.493 e. The molecule has 4 aromatic rings. The van der Waals surface area contributed by atoms with E-state index in [0.717, 1.165) is 3.57 Å². The van der Waals surface area contributed by atoms with Crippen molar-refractivity contribution in [3.63, 3.8) is 0 Å². The molecule has 2 heterocycles. The highest BCUT2D eigenvalue weighted by atomic mass is 127. The van der Waals surface area contributed by atoms with Gasteiger partial charge in [0.15, 0.2) is 0 Å². The highest BCUT2D eigenvalue weighted by Gasteiger charge is 2.28. The molecule has 0 aliphatic rings. The number of nitrogens with one attached hydrogen (secondary N) is 2. The fourth-order valence-electron chi connectivity index (χ4n) is 3.85. The Balaban J connectivity index is 1.71. The molecule has 2 aromatic heterocycles. The Bertz CT molecular complexity index is 1340. The lowest BCUT2D eigenvalue weighted by Gasteiger charge is -2.20. The van der Waals surface area contributed by atoms with E-state index in [1.54, 1.807) is 36.4 Å². The van der Waals surface area contributed by atoms with E-state index >= 15 is 0 Å². The molecule has 0 unspecified atom stereocenters. The molecule has 0 saturated heterocycles. The van der Waals surface area contributed by atoms with Crippen molar-refractivity contribution in [2.75, 3.05) is 13.2 Å². The molecule has 178 valence electrons. The van der Waals surface area contributed by atoms with Crippen molar-refractivity contribution < 1.29 is 19.3 Å². The molecule has 0 spiro atoms. The number of rotatable bonds is 8. The molecule has 4 rings (SSSR count). The lowest BCUT2D eigenvalue weighted by atomic mass is 10.0. The van der Waals surface area contributed by atoms with Crippen LogP contribution in [0.15, 0.2) is 53.5 Å². The number of nitrogens with zero attached hydrogens (tertiary/aromatic N) is 2. The summed E-state index contributed by atoms with van der Waals surface area (Å²) in [5, 5.41) is 19.9. The van der Waals surface area contributed by atoms with Crippen LogP contribution >= 0.6 is 22.6 Å². The molecule has 10 heteroatoms. The van der Waals surface area contributed by atoms with Crippen LogP contribution in [0.2, 0.25) is 0 Å². The van der Waals surface area contributed by atoms with E-state index in [9.17, 15) is 14.3 Å². The Labute approximate surface area is 208 Å². The van der Waals surface area contributed by atoms with Gasteiger partial charge in [0.25, 0.3) is 0 Å². The van der Waals surface area contributed by atoms with Crippen molar-refractivity contribution in [2.24, 2.45) is 5.92 Å². The first-order valence-electron chi connectivity index (χ1n) is 10.7. The number of halogens is 2. The summed E-state index contributed by atoms with van der Waals surface area (Å²) in [5.74, 6) is 0.260. The lowest BCUT2D eigenvalue weighted by molar-refractivity contribution is 0.201. The maximum Gasteiger partial charge on any atom is 0.329 e. The number of benzene rings is 2. The topological polar surface area (TPSA) is 116 Å². The fourth-order valence-corrected chi connectivity index (χ4v) is 4.30. The van der Waals surface area contributed by atoms with Crippen LogP contribution in [0.25, 0.3) is 22.5 Å². The maximum absolute atomic E-state index is 14.5. The van der Waals surface area contributed by atoms with Crippen LogP contribution in [0, 0.1) is 15.3 Å². The van der Waals surface area contributed by atoms with Gasteiger partial charge in [0.1, 0.15) is 35.7 Å². The second kappa shape index (κ2) is 10.0. The van der Waals surface area contributed by atoms with Gasteiger partial charge < -0.3 is 24.9 Å². The summed E-state index contributed by atoms with van der Waals surface area (Å²) < 4.78 is 21.9. The van der Waals surface area contributed by atoms with Gasteiger partial charge in [0, 0.05) is 14.7 Å². The third-order valence-corrected chi connectivity index (χ3v) is 6.08. The van der Waals surface area contributed by atoms with Crippen LogP contribution in [-0.4, -0.2) is 42.9 Å².